The van der Waals surface area contributed by atoms with Crippen molar-refractivity contribution in [1.29, 1.82) is 0 Å². The molecular weight excluding hydrogens is 366 g/mol. The minimum atomic E-state index is 0.705. The summed E-state index contributed by atoms with van der Waals surface area (Å²) in [5, 5.41) is 4.94. The van der Waals surface area contributed by atoms with Crippen LogP contribution in [0.4, 0.5) is 0 Å². The van der Waals surface area contributed by atoms with Crippen LogP contribution in [0.2, 0.25) is 0 Å². The second kappa shape index (κ2) is 9.98. The second-order valence-electron chi connectivity index (χ2n) is 9.14. The number of nitrogens with zero attached hydrogens (tertiary/aromatic N) is 1. The summed E-state index contributed by atoms with van der Waals surface area (Å²) in [6, 6.07) is 7.19. The Hall–Kier alpha value is -1.84. The molecule has 2 aliphatic rings. The minimum absolute atomic E-state index is 0.705. The fourth-order valence-electron chi connectivity index (χ4n) is 5.47. The van der Waals surface area contributed by atoms with Crippen molar-refractivity contribution in [2.24, 2.45) is 5.92 Å². The average Bonchev–Trinajstić information content (AvgIpc) is 3.41. The summed E-state index contributed by atoms with van der Waals surface area (Å²) in [6.07, 6.45) is 12.8. The molecule has 3 heteroatoms. The molecule has 0 saturated carbocycles. The molecule has 162 valence electrons. The Balaban J connectivity index is 1.52. The first-order valence-corrected chi connectivity index (χ1v) is 12.1. The van der Waals surface area contributed by atoms with E-state index in [4.69, 9.17) is 0 Å². The van der Waals surface area contributed by atoms with Crippen LogP contribution in [0.15, 0.2) is 36.4 Å². The van der Waals surface area contributed by atoms with Gasteiger partial charge in [-0.05, 0) is 106 Å². The van der Waals surface area contributed by atoms with Gasteiger partial charge in [-0.2, -0.15) is 0 Å². The van der Waals surface area contributed by atoms with Crippen LogP contribution in [0.25, 0.3) is 16.5 Å². The number of benzene rings is 1. The first-order chi connectivity index (χ1) is 14.7. The lowest BCUT2D eigenvalue weighted by Gasteiger charge is -2.33. The highest BCUT2D eigenvalue weighted by Gasteiger charge is 2.24. The number of rotatable bonds is 7. The van der Waals surface area contributed by atoms with Crippen molar-refractivity contribution in [3.63, 3.8) is 0 Å². The molecule has 3 nitrogen and oxygen atoms in total. The van der Waals surface area contributed by atoms with Crippen LogP contribution in [-0.4, -0.2) is 42.6 Å². The lowest BCUT2D eigenvalue weighted by Crippen LogP contribution is -2.37. The summed E-state index contributed by atoms with van der Waals surface area (Å²) in [5.74, 6) is 1.57. The lowest BCUT2D eigenvalue weighted by atomic mass is 9.88. The summed E-state index contributed by atoms with van der Waals surface area (Å²) in [7, 11) is 0. The van der Waals surface area contributed by atoms with Gasteiger partial charge in [-0.3, -0.25) is 0 Å². The fourth-order valence-corrected chi connectivity index (χ4v) is 5.47. The van der Waals surface area contributed by atoms with E-state index in [1.807, 2.05) is 0 Å². The molecule has 1 atom stereocenters. The first-order valence-electron chi connectivity index (χ1n) is 12.1. The van der Waals surface area contributed by atoms with Gasteiger partial charge in [0, 0.05) is 23.1 Å². The van der Waals surface area contributed by atoms with E-state index in [9.17, 15) is 0 Å². The third-order valence-electron chi connectivity index (χ3n) is 7.08. The molecule has 0 unspecified atom stereocenters. The van der Waals surface area contributed by atoms with E-state index in [0.717, 1.165) is 18.8 Å². The van der Waals surface area contributed by atoms with Gasteiger partial charge < -0.3 is 15.2 Å². The summed E-state index contributed by atoms with van der Waals surface area (Å²) in [5.41, 5.74) is 6.92. The topological polar surface area (TPSA) is 31.1 Å². The smallest absolute Gasteiger partial charge is 0.0493 e. The highest BCUT2D eigenvalue weighted by Crippen LogP contribution is 2.34. The average molecular weight is 406 g/mol. The Morgan fingerprint density at radius 2 is 2.00 bits per heavy atom. The van der Waals surface area contributed by atoms with Crippen molar-refractivity contribution >= 4 is 16.5 Å². The molecule has 2 N–H and O–H groups in total. The zero-order valence-corrected chi connectivity index (χ0v) is 19.1. The summed E-state index contributed by atoms with van der Waals surface area (Å²) in [4.78, 5) is 6.43. The molecule has 0 bridgehead atoms. The van der Waals surface area contributed by atoms with E-state index in [1.54, 1.807) is 0 Å². The first kappa shape index (κ1) is 21.4. The van der Waals surface area contributed by atoms with Gasteiger partial charge in [0.05, 0.1) is 0 Å². The van der Waals surface area contributed by atoms with Gasteiger partial charge >= 0.3 is 0 Å². The number of fused-ring (bicyclic) bond motifs is 1. The van der Waals surface area contributed by atoms with E-state index >= 15 is 0 Å². The van der Waals surface area contributed by atoms with Crippen LogP contribution in [0, 0.1) is 5.92 Å². The molecular formula is C27H39N3. The Morgan fingerprint density at radius 1 is 1.17 bits per heavy atom. The lowest BCUT2D eigenvalue weighted by molar-refractivity contribution is 0.187. The summed E-state index contributed by atoms with van der Waals surface area (Å²) < 4.78 is 0. The Labute approximate surface area is 182 Å². The quantitative estimate of drug-likeness (QED) is 0.563. The predicted molar refractivity (Wildman–Crippen MR) is 130 cm³/mol. The standard InChI is InChI=1S/C27H39N3/c1-4-7-22(8-5-2)27-24(6-3)25-17-23(9-10-26(25)29-27)21-12-15-30(16-13-21)19-20-11-14-28-18-20/h4,7-10,17,20-21,28-29H,5-6,11-16,18-19H2,1-3H3/b7-4-,22-8+/t20-/m1/s1. The van der Waals surface area contributed by atoms with Crippen LogP contribution in [0.5, 0.6) is 0 Å². The molecule has 2 aliphatic heterocycles. The van der Waals surface area contributed by atoms with Crippen LogP contribution in [0.1, 0.15) is 69.2 Å². The highest BCUT2D eigenvalue weighted by atomic mass is 15.1. The minimum Gasteiger partial charge on any atom is -0.354 e. The number of hydrogen-bond donors (Lipinski definition) is 2. The highest BCUT2D eigenvalue weighted by molar-refractivity contribution is 5.91. The molecule has 0 radical (unpaired) electrons. The maximum absolute atomic E-state index is 3.73. The van der Waals surface area contributed by atoms with Gasteiger partial charge in [0.1, 0.15) is 0 Å². The molecule has 2 fully saturated rings. The van der Waals surface area contributed by atoms with E-state index in [2.05, 4.69) is 72.4 Å². The van der Waals surface area contributed by atoms with Gasteiger partial charge in [-0.25, -0.2) is 0 Å². The zero-order valence-electron chi connectivity index (χ0n) is 19.1. The second-order valence-corrected chi connectivity index (χ2v) is 9.14. The van der Waals surface area contributed by atoms with Crippen molar-refractivity contribution in [2.75, 3.05) is 32.7 Å². The molecule has 3 heterocycles. The van der Waals surface area contributed by atoms with Crippen LogP contribution in [0.3, 0.4) is 0 Å². The maximum Gasteiger partial charge on any atom is 0.0493 e. The summed E-state index contributed by atoms with van der Waals surface area (Å²) >= 11 is 0. The number of aromatic amines is 1. The Morgan fingerprint density at radius 3 is 2.67 bits per heavy atom. The molecule has 1 aromatic carbocycles. The third-order valence-corrected chi connectivity index (χ3v) is 7.08. The normalized spacial score (nSPS) is 22.0. The molecule has 4 rings (SSSR count). The van der Waals surface area contributed by atoms with Crippen LogP contribution in [-0.2, 0) is 6.42 Å². The van der Waals surface area contributed by atoms with Crippen LogP contribution < -0.4 is 5.32 Å². The van der Waals surface area contributed by atoms with Crippen molar-refractivity contribution in [3.05, 3.63) is 53.2 Å². The van der Waals surface area contributed by atoms with E-state index < -0.39 is 0 Å². The number of piperidine rings is 1. The van der Waals surface area contributed by atoms with Gasteiger partial charge in [0.25, 0.3) is 0 Å². The number of hydrogen-bond acceptors (Lipinski definition) is 2. The third kappa shape index (κ3) is 4.58. The van der Waals surface area contributed by atoms with Crippen molar-refractivity contribution in [3.8, 4) is 0 Å². The number of aryl methyl sites for hydroxylation is 1. The predicted octanol–water partition coefficient (Wildman–Crippen LogP) is 5.89. The number of nitrogens with one attached hydrogen (secondary N) is 2. The number of allylic oxidation sites excluding steroid dienone is 4. The molecule has 2 saturated heterocycles. The van der Waals surface area contributed by atoms with Gasteiger partial charge in [0.15, 0.2) is 0 Å². The molecule has 0 spiro atoms. The molecule has 2 aromatic rings. The van der Waals surface area contributed by atoms with Gasteiger partial charge in [-0.1, -0.05) is 38.1 Å². The van der Waals surface area contributed by atoms with Crippen molar-refractivity contribution in [1.82, 2.24) is 15.2 Å². The van der Waals surface area contributed by atoms with E-state index in [1.165, 1.54) is 85.3 Å². The monoisotopic (exact) mass is 405 g/mol. The Kier molecular flexibility index (Phi) is 7.12. The molecule has 30 heavy (non-hydrogen) atoms. The van der Waals surface area contributed by atoms with Crippen LogP contribution >= 0.6 is 0 Å². The van der Waals surface area contributed by atoms with Crippen molar-refractivity contribution < 1.29 is 0 Å². The molecule has 0 amide bonds. The van der Waals surface area contributed by atoms with E-state index in [-0.39, 0.29) is 0 Å². The Bertz CT molecular complexity index is 890. The molecule has 0 aliphatic carbocycles. The van der Waals surface area contributed by atoms with Gasteiger partial charge in [0.2, 0.25) is 0 Å². The summed E-state index contributed by atoms with van der Waals surface area (Å²) in [6.45, 7) is 12.8. The van der Waals surface area contributed by atoms with Crippen molar-refractivity contribution in [2.45, 2.75) is 58.8 Å². The zero-order chi connectivity index (χ0) is 20.9. The fraction of sp³-hybridized carbons (Fsp3) is 0.556. The van der Waals surface area contributed by atoms with Gasteiger partial charge in [-0.15, -0.1) is 0 Å². The van der Waals surface area contributed by atoms with E-state index in [0.29, 0.717) is 5.92 Å². The number of aromatic nitrogens is 1. The number of H-pyrrole nitrogens is 1. The largest absolute Gasteiger partial charge is 0.354 e. The maximum atomic E-state index is 3.73. The SMILES string of the molecule is C/C=C\C(=C/CC)c1[nH]c2ccc(C3CCN(C[C@@H]4CCNC4)CC3)cc2c1CC. The number of likely N-dealkylation sites (tertiary alicyclic amines) is 1. The molecule has 1 aromatic heterocycles.